The second-order valence-electron chi connectivity index (χ2n) is 4.54. The van der Waals surface area contributed by atoms with Gasteiger partial charge in [0.25, 0.3) is 0 Å². The van der Waals surface area contributed by atoms with E-state index < -0.39 is 0 Å². The largest absolute Gasteiger partial charge is 0.359 e. The molecule has 2 N–H and O–H groups in total. The van der Waals surface area contributed by atoms with Gasteiger partial charge in [-0.1, -0.05) is 35.9 Å². The summed E-state index contributed by atoms with van der Waals surface area (Å²) >= 11 is 5.15. The third kappa shape index (κ3) is 4.20. The Morgan fingerprint density at radius 2 is 2.15 bits per heavy atom. The lowest BCUT2D eigenvalue weighted by molar-refractivity contribution is 0.687. The van der Waals surface area contributed by atoms with E-state index in [2.05, 4.69) is 53.5 Å². The molecule has 0 aliphatic rings. The van der Waals surface area contributed by atoms with Crippen LogP contribution in [-0.4, -0.2) is 21.4 Å². The van der Waals surface area contributed by atoms with E-state index in [1.54, 1.807) is 12.3 Å². The van der Waals surface area contributed by atoms with E-state index in [1.807, 2.05) is 10.9 Å². The Labute approximate surface area is 124 Å². The lowest BCUT2D eigenvalue weighted by Crippen LogP contribution is -2.28. The second-order valence-corrected chi connectivity index (χ2v) is 4.94. The number of hydrogen-bond acceptors (Lipinski definition) is 2. The molecular formula is C15H18N4S. The molecule has 4 nitrogen and oxygen atoms in total. The van der Waals surface area contributed by atoms with Crippen molar-refractivity contribution in [2.24, 2.45) is 0 Å². The van der Waals surface area contributed by atoms with Gasteiger partial charge in [0, 0.05) is 12.7 Å². The van der Waals surface area contributed by atoms with Gasteiger partial charge in [-0.2, -0.15) is 5.10 Å². The lowest BCUT2D eigenvalue weighted by Gasteiger charge is -2.06. The van der Waals surface area contributed by atoms with E-state index in [9.17, 15) is 0 Å². The molecule has 1 aromatic heterocycles. The molecule has 0 fully saturated rings. The fourth-order valence-electron chi connectivity index (χ4n) is 1.74. The van der Waals surface area contributed by atoms with Crippen molar-refractivity contribution >= 4 is 23.0 Å². The predicted octanol–water partition coefficient (Wildman–Crippen LogP) is 2.71. The highest BCUT2D eigenvalue weighted by Crippen LogP contribution is 2.09. The first-order valence-electron chi connectivity index (χ1n) is 6.41. The molecule has 0 unspecified atom stereocenters. The fraction of sp³-hybridized carbons (Fsp3) is 0.200. The van der Waals surface area contributed by atoms with Crippen LogP contribution >= 0.6 is 12.2 Å². The Kier molecular flexibility index (Phi) is 4.90. The second kappa shape index (κ2) is 6.86. The van der Waals surface area contributed by atoms with Crippen molar-refractivity contribution in [2.75, 3.05) is 11.9 Å². The summed E-state index contributed by atoms with van der Waals surface area (Å²) in [6.45, 7) is 7.10. The fourth-order valence-corrected chi connectivity index (χ4v) is 1.94. The molecule has 0 saturated carbocycles. The molecule has 20 heavy (non-hydrogen) atoms. The maximum atomic E-state index is 5.15. The first-order chi connectivity index (χ1) is 9.67. The molecular weight excluding hydrogens is 268 g/mol. The minimum atomic E-state index is 0.569. The van der Waals surface area contributed by atoms with Gasteiger partial charge in [0.2, 0.25) is 0 Å². The summed E-state index contributed by atoms with van der Waals surface area (Å²) in [6.07, 6.45) is 5.45. The zero-order valence-corrected chi connectivity index (χ0v) is 12.3. The smallest absolute Gasteiger partial charge is 0.171 e. The van der Waals surface area contributed by atoms with E-state index >= 15 is 0 Å². The molecule has 2 aromatic rings. The van der Waals surface area contributed by atoms with Crippen LogP contribution in [0.2, 0.25) is 0 Å². The van der Waals surface area contributed by atoms with Gasteiger partial charge in [-0.15, -0.1) is 6.58 Å². The summed E-state index contributed by atoms with van der Waals surface area (Å²) in [7, 11) is 0. The number of rotatable bonds is 5. The third-order valence-corrected chi connectivity index (χ3v) is 3.01. The molecule has 1 aromatic carbocycles. The molecule has 0 aliphatic carbocycles. The molecule has 1 heterocycles. The van der Waals surface area contributed by atoms with Crippen LogP contribution in [0, 0.1) is 6.92 Å². The van der Waals surface area contributed by atoms with Gasteiger partial charge in [-0.25, -0.2) is 0 Å². The van der Waals surface area contributed by atoms with Gasteiger partial charge in [-0.05, 0) is 24.7 Å². The minimum absolute atomic E-state index is 0.569. The number of anilines is 1. The van der Waals surface area contributed by atoms with E-state index in [-0.39, 0.29) is 0 Å². The number of thiocarbonyl (C=S) groups is 1. The van der Waals surface area contributed by atoms with Crippen molar-refractivity contribution < 1.29 is 0 Å². The molecule has 0 spiro atoms. The van der Waals surface area contributed by atoms with Crippen molar-refractivity contribution in [3.63, 3.8) is 0 Å². The molecule has 0 radical (unpaired) electrons. The standard InChI is InChI=1S/C15H18N4S/c1-3-8-16-15(20)18-14-9-17-19(11-14)10-13-6-4-12(2)5-7-13/h3-7,9,11H,1,8,10H2,2H3,(H2,16,18,20). The number of aromatic nitrogens is 2. The average molecular weight is 286 g/mol. The quantitative estimate of drug-likeness (QED) is 0.655. The number of aryl methyl sites for hydroxylation is 1. The van der Waals surface area contributed by atoms with Crippen molar-refractivity contribution in [3.05, 3.63) is 60.4 Å². The third-order valence-electron chi connectivity index (χ3n) is 2.76. The van der Waals surface area contributed by atoms with Crippen LogP contribution in [0.3, 0.4) is 0 Å². The van der Waals surface area contributed by atoms with Crippen molar-refractivity contribution in [3.8, 4) is 0 Å². The van der Waals surface area contributed by atoms with Gasteiger partial charge in [-0.3, -0.25) is 4.68 Å². The van der Waals surface area contributed by atoms with E-state index in [0.29, 0.717) is 11.7 Å². The monoisotopic (exact) mass is 286 g/mol. The Morgan fingerprint density at radius 1 is 1.40 bits per heavy atom. The number of hydrogen-bond donors (Lipinski definition) is 2. The summed E-state index contributed by atoms with van der Waals surface area (Å²) in [5.74, 6) is 0. The van der Waals surface area contributed by atoms with Crippen LogP contribution in [0.4, 0.5) is 5.69 Å². The lowest BCUT2D eigenvalue weighted by atomic mass is 10.1. The topological polar surface area (TPSA) is 41.9 Å². The summed E-state index contributed by atoms with van der Waals surface area (Å²) < 4.78 is 1.88. The van der Waals surface area contributed by atoms with Crippen molar-refractivity contribution in [2.45, 2.75) is 13.5 Å². The molecule has 0 saturated heterocycles. The summed E-state index contributed by atoms with van der Waals surface area (Å²) in [5, 5.41) is 11.0. The Balaban J connectivity index is 1.93. The molecule has 0 atom stereocenters. The highest BCUT2D eigenvalue weighted by Gasteiger charge is 2.01. The molecule has 5 heteroatoms. The first kappa shape index (κ1) is 14.3. The maximum Gasteiger partial charge on any atom is 0.171 e. The molecule has 104 valence electrons. The van der Waals surface area contributed by atoms with Gasteiger partial charge in [0.15, 0.2) is 5.11 Å². The van der Waals surface area contributed by atoms with Crippen LogP contribution in [0.5, 0.6) is 0 Å². The number of nitrogens with one attached hydrogen (secondary N) is 2. The molecule has 0 aliphatic heterocycles. The normalized spacial score (nSPS) is 10.1. The van der Waals surface area contributed by atoms with E-state index in [1.165, 1.54) is 11.1 Å². The first-order valence-corrected chi connectivity index (χ1v) is 6.82. The zero-order chi connectivity index (χ0) is 14.4. The summed E-state index contributed by atoms with van der Waals surface area (Å²) in [6, 6.07) is 8.43. The van der Waals surface area contributed by atoms with Crippen molar-refractivity contribution in [1.29, 1.82) is 0 Å². The van der Waals surface area contributed by atoms with Gasteiger partial charge in [0.05, 0.1) is 18.4 Å². The van der Waals surface area contributed by atoms with Crippen LogP contribution in [0.15, 0.2) is 49.3 Å². The maximum absolute atomic E-state index is 5.15. The van der Waals surface area contributed by atoms with Crippen LogP contribution in [0.1, 0.15) is 11.1 Å². The number of benzene rings is 1. The molecule has 0 amide bonds. The zero-order valence-electron chi connectivity index (χ0n) is 11.5. The highest BCUT2D eigenvalue weighted by molar-refractivity contribution is 7.80. The minimum Gasteiger partial charge on any atom is -0.359 e. The number of nitrogens with zero attached hydrogens (tertiary/aromatic N) is 2. The average Bonchev–Trinajstić information content (AvgIpc) is 2.86. The van der Waals surface area contributed by atoms with Crippen LogP contribution < -0.4 is 10.6 Å². The Bertz CT molecular complexity index is 586. The van der Waals surface area contributed by atoms with Crippen LogP contribution in [-0.2, 0) is 6.54 Å². The van der Waals surface area contributed by atoms with Crippen LogP contribution in [0.25, 0.3) is 0 Å². The summed E-state index contributed by atoms with van der Waals surface area (Å²) in [4.78, 5) is 0. The van der Waals surface area contributed by atoms with Crippen molar-refractivity contribution in [1.82, 2.24) is 15.1 Å². The van der Waals surface area contributed by atoms with E-state index in [4.69, 9.17) is 12.2 Å². The van der Waals surface area contributed by atoms with E-state index in [0.717, 1.165) is 12.2 Å². The SMILES string of the molecule is C=CCNC(=S)Nc1cnn(Cc2ccc(C)cc2)c1. The highest BCUT2D eigenvalue weighted by atomic mass is 32.1. The summed E-state index contributed by atoms with van der Waals surface area (Å²) in [5.41, 5.74) is 3.35. The Morgan fingerprint density at radius 3 is 2.85 bits per heavy atom. The Hall–Kier alpha value is -2.14. The predicted molar refractivity (Wildman–Crippen MR) is 86.9 cm³/mol. The van der Waals surface area contributed by atoms with Gasteiger partial charge < -0.3 is 10.6 Å². The molecule has 0 bridgehead atoms. The molecule has 2 rings (SSSR count). The van der Waals surface area contributed by atoms with Gasteiger partial charge >= 0.3 is 0 Å². The van der Waals surface area contributed by atoms with Gasteiger partial charge in [0.1, 0.15) is 0 Å².